The Labute approximate surface area is 248 Å². The molecule has 2 fully saturated rings. The smallest absolute Gasteiger partial charge is 0.396 e. The van der Waals surface area contributed by atoms with E-state index < -0.39 is 34.6 Å². The molecule has 0 saturated carbocycles. The number of hydrogen-bond donors (Lipinski definition) is 3. The summed E-state index contributed by atoms with van der Waals surface area (Å²) in [5, 5.41) is 14.5. The van der Waals surface area contributed by atoms with E-state index in [9.17, 15) is 27.9 Å². The van der Waals surface area contributed by atoms with Crippen molar-refractivity contribution in [2.75, 3.05) is 43.0 Å². The van der Waals surface area contributed by atoms with Crippen LogP contribution in [0, 0.1) is 5.92 Å². The summed E-state index contributed by atoms with van der Waals surface area (Å²) in [5.41, 5.74) is -0.932. The van der Waals surface area contributed by atoms with Crippen LogP contribution < -0.4 is 15.5 Å². The van der Waals surface area contributed by atoms with Gasteiger partial charge in [-0.15, -0.1) is 11.3 Å². The highest BCUT2D eigenvalue weighted by Crippen LogP contribution is 2.35. The second kappa shape index (κ2) is 12.5. The largest absolute Gasteiger partial charge is 0.418 e. The number of nitrogens with one attached hydrogen (secondary N) is 2. The summed E-state index contributed by atoms with van der Waals surface area (Å²) in [6.45, 7) is 5.16. The highest BCUT2D eigenvalue weighted by atomic mass is 35.5. The molecule has 5 rings (SSSR count). The number of nitrogens with zero attached hydrogens (tertiary/aromatic N) is 6. The van der Waals surface area contributed by atoms with E-state index in [1.165, 1.54) is 12.5 Å². The van der Waals surface area contributed by atoms with E-state index in [0.717, 1.165) is 56.6 Å². The zero-order valence-corrected chi connectivity index (χ0v) is 24.0. The van der Waals surface area contributed by atoms with Crippen LogP contribution in [0.25, 0.3) is 0 Å². The molecule has 3 unspecified atom stereocenters. The van der Waals surface area contributed by atoms with Crippen LogP contribution in [-0.4, -0.2) is 80.6 Å². The van der Waals surface area contributed by atoms with E-state index in [1.807, 2.05) is 0 Å². The van der Waals surface area contributed by atoms with Crippen molar-refractivity contribution < 1.29 is 27.9 Å². The van der Waals surface area contributed by atoms with Crippen LogP contribution in [0.3, 0.4) is 0 Å². The van der Waals surface area contributed by atoms with Crippen molar-refractivity contribution in [2.45, 2.75) is 38.0 Å². The predicted octanol–water partition coefficient (Wildman–Crippen LogP) is 3.64. The Balaban J connectivity index is 1.19. The van der Waals surface area contributed by atoms with Gasteiger partial charge in [-0.05, 0) is 31.7 Å². The van der Waals surface area contributed by atoms with E-state index in [-0.39, 0.29) is 23.0 Å². The number of hydrogen-bond acceptors (Lipinski definition) is 10. The Hall–Kier alpha value is -3.40. The first-order chi connectivity index (χ1) is 20.0. The van der Waals surface area contributed by atoms with Gasteiger partial charge in [-0.1, -0.05) is 11.6 Å². The van der Waals surface area contributed by atoms with Crippen molar-refractivity contribution in [3.8, 4) is 0 Å². The molecule has 3 aromatic rings. The Morgan fingerprint density at radius 3 is 2.69 bits per heavy atom. The zero-order chi connectivity index (χ0) is 30.0. The maximum atomic E-state index is 13.1. The minimum Gasteiger partial charge on any atom is -0.396 e. The molecular weight excluding hydrogens is 597 g/mol. The van der Waals surface area contributed by atoms with Gasteiger partial charge in [0.1, 0.15) is 33.5 Å². The SMILES string of the molecule is CC(NC(=O)c1cc(N2CCN3CC(CO)CCC3C2)ncn1)c1ncc(C(=O)Nc2cc(C(F)(F)F)c(Cl)cn2)s1. The standard InChI is InChI=1S/C26H28ClF3N8O3S/c1-14(25-32-9-20(42-25)24(41)36-21-6-17(26(28,29)30)18(27)8-31-21)35-23(40)19-7-22(34-13-33-19)38-5-4-37-10-15(12-39)2-3-16(37)11-38/h6-9,13-16,39H,2-5,10-12H2,1H3,(H,35,40)(H,31,36,41). The van der Waals surface area contributed by atoms with Gasteiger partial charge in [0, 0.05) is 51.1 Å². The third-order valence-electron chi connectivity index (χ3n) is 7.34. The fourth-order valence-electron chi connectivity index (χ4n) is 5.09. The number of aromatic nitrogens is 4. The summed E-state index contributed by atoms with van der Waals surface area (Å²) in [6.07, 6.45) is 0.718. The number of anilines is 2. The third kappa shape index (κ3) is 6.80. The fraction of sp³-hybridized carbons (Fsp3) is 0.462. The first-order valence-electron chi connectivity index (χ1n) is 13.2. The monoisotopic (exact) mass is 624 g/mol. The normalized spacial score (nSPS) is 20.1. The van der Waals surface area contributed by atoms with E-state index in [2.05, 4.69) is 40.4 Å². The number of carbonyl (C=O) groups is 2. The van der Waals surface area contributed by atoms with Gasteiger partial charge in [0.2, 0.25) is 0 Å². The van der Waals surface area contributed by atoms with Crippen molar-refractivity contribution >= 4 is 46.4 Å². The van der Waals surface area contributed by atoms with Crippen molar-refractivity contribution in [3.05, 3.63) is 57.0 Å². The lowest BCUT2D eigenvalue weighted by molar-refractivity contribution is -0.137. The molecular formula is C26H28ClF3N8O3S. The van der Waals surface area contributed by atoms with Crippen molar-refractivity contribution in [1.82, 2.24) is 30.2 Å². The highest BCUT2D eigenvalue weighted by molar-refractivity contribution is 7.13. The Morgan fingerprint density at radius 2 is 1.93 bits per heavy atom. The van der Waals surface area contributed by atoms with Gasteiger partial charge < -0.3 is 20.6 Å². The molecule has 2 amide bonds. The van der Waals surface area contributed by atoms with Gasteiger partial charge in [-0.3, -0.25) is 14.5 Å². The molecule has 3 aromatic heterocycles. The molecule has 2 saturated heterocycles. The zero-order valence-electron chi connectivity index (χ0n) is 22.4. The summed E-state index contributed by atoms with van der Waals surface area (Å²) in [4.78, 5) is 46.8. The second-order valence-electron chi connectivity index (χ2n) is 10.2. The first kappa shape index (κ1) is 30.1. The minimum atomic E-state index is -4.70. The number of alkyl halides is 3. The Kier molecular flexibility index (Phi) is 8.92. The van der Waals surface area contributed by atoms with Crippen LogP contribution in [0.4, 0.5) is 24.8 Å². The fourth-order valence-corrected chi connectivity index (χ4v) is 6.11. The predicted molar refractivity (Wildman–Crippen MR) is 150 cm³/mol. The lowest BCUT2D eigenvalue weighted by Gasteiger charge is -2.46. The second-order valence-corrected chi connectivity index (χ2v) is 11.7. The molecule has 0 aliphatic carbocycles. The number of halogens is 4. The van der Waals surface area contributed by atoms with Crippen molar-refractivity contribution in [2.24, 2.45) is 5.92 Å². The van der Waals surface area contributed by atoms with Gasteiger partial charge in [0.05, 0.1) is 22.8 Å². The van der Waals surface area contributed by atoms with Crippen molar-refractivity contribution in [1.29, 1.82) is 0 Å². The van der Waals surface area contributed by atoms with Crippen LogP contribution in [-0.2, 0) is 6.18 Å². The van der Waals surface area contributed by atoms with Crippen LogP contribution in [0.1, 0.15) is 56.5 Å². The molecule has 42 heavy (non-hydrogen) atoms. The molecule has 16 heteroatoms. The van der Waals surface area contributed by atoms with Crippen LogP contribution in [0.2, 0.25) is 5.02 Å². The minimum absolute atomic E-state index is 0.118. The van der Waals surface area contributed by atoms with E-state index in [4.69, 9.17) is 11.6 Å². The average Bonchev–Trinajstić information content (AvgIpc) is 3.48. The molecule has 0 radical (unpaired) electrons. The molecule has 0 aromatic carbocycles. The molecule has 11 nitrogen and oxygen atoms in total. The molecule has 0 bridgehead atoms. The number of piperidine rings is 1. The molecule has 224 valence electrons. The van der Waals surface area contributed by atoms with Crippen LogP contribution >= 0.6 is 22.9 Å². The Bertz CT molecular complexity index is 1460. The van der Waals surface area contributed by atoms with E-state index in [0.29, 0.717) is 28.9 Å². The van der Waals surface area contributed by atoms with Crippen LogP contribution in [0.15, 0.2) is 30.9 Å². The number of carbonyl (C=O) groups excluding carboxylic acids is 2. The number of pyridine rings is 1. The number of thiazole rings is 1. The number of rotatable bonds is 7. The van der Waals surface area contributed by atoms with Gasteiger partial charge in [0.15, 0.2) is 0 Å². The molecule has 3 N–H and O–H groups in total. The van der Waals surface area contributed by atoms with Gasteiger partial charge in [-0.2, -0.15) is 13.2 Å². The summed E-state index contributed by atoms with van der Waals surface area (Å²) < 4.78 is 39.4. The van der Waals surface area contributed by atoms with Crippen molar-refractivity contribution in [3.63, 3.8) is 0 Å². The first-order valence-corrected chi connectivity index (χ1v) is 14.4. The Morgan fingerprint density at radius 1 is 1.12 bits per heavy atom. The summed E-state index contributed by atoms with van der Waals surface area (Å²) in [5.74, 6) is -0.485. The molecule has 5 heterocycles. The molecule has 2 aliphatic rings. The highest BCUT2D eigenvalue weighted by Gasteiger charge is 2.35. The summed E-state index contributed by atoms with van der Waals surface area (Å²) >= 11 is 6.56. The van der Waals surface area contributed by atoms with Gasteiger partial charge in [0.25, 0.3) is 11.8 Å². The maximum Gasteiger partial charge on any atom is 0.418 e. The van der Waals surface area contributed by atoms with E-state index >= 15 is 0 Å². The molecule has 3 atom stereocenters. The molecule has 0 spiro atoms. The molecule has 2 aliphatic heterocycles. The topological polar surface area (TPSA) is 136 Å². The lowest BCUT2D eigenvalue weighted by atomic mass is 9.91. The number of aliphatic hydroxyl groups is 1. The summed E-state index contributed by atoms with van der Waals surface area (Å²) in [6, 6.07) is 2.08. The summed E-state index contributed by atoms with van der Waals surface area (Å²) in [7, 11) is 0. The lowest BCUT2D eigenvalue weighted by Crippen LogP contribution is -2.57. The maximum absolute atomic E-state index is 13.1. The number of piperazine rings is 1. The quantitative estimate of drug-likeness (QED) is 0.360. The van der Waals surface area contributed by atoms with E-state index in [1.54, 1.807) is 13.0 Å². The van der Waals surface area contributed by atoms with Crippen LogP contribution in [0.5, 0.6) is 0 Å². The number of amides is 2. The van der Waals surface area contributed by atoms with Gasteiger partial charge >= 0.3 is 6.18 Å². The van der Waals surface area contributed by atoms with Gasteiger partial charge in [-0.25, -0.2) is 19.9 Å². The number of aliphatic hydroxyl groups excluding tert-OH is 1. The number of fused-ring (bicyclic) bond motifs is 1. The third-order valence-corrected chi connectivity index (χ3v) is 8.82. The average molecular weight is 625 g/mol.